The second-order valence-electron chi connectivity index (χ2n) is 11.2. The number of aryl methyl sites for hydroxylation is 1. The Morgan fingerprint density at radius 3 is 2.42 bits per heavy atom. The molecule has 2 aliphatic carbocycles. The van der Waals surface area contributed by atoms with Gasteiger partial charge in [0.25, 0.3) is 5.56 Å². The molecule has 0 bridgehead atoms. The Morgan fingerprint density at radius 2 is 1.70 bits per heavy atom. The molecule has 0 spiro atoms. The van der Waals surface area contributed by atoms with Crippen molar-refractivity contribution < 1.29 is 0 Å². The van der Waals surface area contributed by atoms with Crippen molar-refractivity contribution in [3.05, 3.63) is 63.9 Å². The molecule has 0 atom stereocenters. The summed E-state index contributed by atoms with van der Waals surface area (Å²) in [6.45, 7) is 1.91. The molecule has 0 saturated heterocycles. The minimum Gasteiger partial charge on any atom is -0.351 e. The molecule has 0 unspecified atom stereocenters. The van der Waals surface area contributed by atoms with Gasteiger partial charge in [0.05, 0.1) is 17.6 Å². The fourth-order valence-electron chi connectivity index (χ4n) is 6.27. The van der Waals surface area contributed by atoms with E-state index in [0.717, 1.165) is 60.9 Å². The molecule has 0 radical (unpaired) electrons. The van der Waals surface area contributed by atoms with Crippen LogP contribution in [0.1, 0.15) is 69.5 Å². The fourth-order valence-corrected chi connectivity index (χ4v) is 6.55. The van der Waals surface area contributed by atoms with E-state index in [1.165, 1.54) is 19.3 Å². The second kappa shape index (κ2) is 11.6. The standard InChI is InChI=1S/C31H36ClN7O/c1-19-16-34-18-28(36-19)20-8-13-25(27(32)15-20)26-14-21-17-35-31(37-23-6-4-3-5-7-23)38-29(21)39(30(26)40)24-11-9-22(33-2)10-12-24/h8,13-18,22-24,33H,3-7,9-12H2,1-2H3,(H,35,37,38). The lowest BCUT2D eigenvalue weighted by Crippen LogP contribution is -2.35. The number of nitrogens with one attached hydrogen (secondary N) is 2. The molecular weight excluding hydrogens is 522 g/mol. The predicted octanol–water partition coefficient (Wildman–Crippen LogP) is 6.33. The van der Waals surface area contributed by atoms with Gasteiger partial charge in [-0.05, 0) is 64.6 Å². The largest absolute Gasteiger partial charge is 0.351 e. The third-order valence-electron chi connectivity index (χ3n) is 8.49. The number of pyridine rings is 1. The lowest BCUT2D eigenvalue weighted by molar-refractivity contribution is 0.300. The van der Waals surface area contributed by atoms with Crippen molar-refractivity contribution in [3.8, 4) is 22.4 Å². The van der Waals surface area contributed by atoms with Gasteiger partial charge in [-0.3, -0.25) is 14.3 Å². The first kappa shape index (κ1) is 26.8. The van der Waals surface area contributed by atoms with Crippen LogP contribution in [-0.2, 0) is 0 Å². The minimum atomic E-state index is -0.0623. The van der Waals surface area contributed by atoms with Crippen LogP contribution in [0.3, 0.4) is 0 Å². The highest BCUT2D eigenvalue weighted by atomic mass is 35.5. The highest BCUT2D eigenvalue weighted by Crippen LogP contribution is 2.34. The summed E-state index contributed by atoms with van der Waals surface area (Å²) in [6.07, 6.45) is 15.2. The van der Waals surface area contributed by atoms with Crippen molar-refractivity contribution in [1.29, 1.82) is 0 Å². The van der Waals surface area contributed by atoms with Crippen LogP contribution in [0.2, 0.25) is 5.02 Å². The molecule has 4 aromatic rings. The number of fused-ring (bicyclic) bond motifs is 1. The van der Waals surface area contributed by atoms with E-state index in [1.807, 2.05) is 49.0 Å². The molecular formula is C31H36ClN7O. The van der Waals surface area contributed by atoms with E-state index in [2.05, 4.69) is 25.6 Å². The van der Waals surface area contributed by atoms with Crippen LogP contribution < -0.4 is 16.2 Å². The van der Waals surface area contributed by atoms with Crippen LogP contribution >= 0.6 is 11.6 Å². The minimum absolute atomic E-state index is 0.0623. The highest BCUT2D eigenvalue weighted by Gasteiger charge is 2.26. The van der Waals surface area contributed by atoms with Gasteiger partial charge >= 0.3 is 0 Å². The zero-order valence-corrected chi connectivity index (χ0v) is 23.9. The number of hydrogen-bond donors (Lipinski definition) is 2. The quantitative estimate of drug-likeness (QED) is 0.286. The smallest absolute Gasteiger partial charge is 0.260 e. The van der Waals surface area contributed by atoms with E-state index >= 15 is 0 Å². The summed E-state index contributed by atoms with van der Waals surface area (Å²) in [6, 6.07) is 8.54. The summed E-state index contributed by atoms with van der Waals surface area (Å²) >= 11 is 6.84. The topological polar surface area (TPSA) is 97.6 Å². The monoisotopic (exact) mass is 557 g/mol. The van der Waals surface area contributed by atoms with Gasteiger partial charge in [0.15, 0.2) is 0 Å². The van der Waals surface area contributed by atoms with Crippen LogP contribution in [-0.4, -0.2) is 43.6 Å². The molecule has 1 aromatic carbocycles. The molecule has 9 heteroatoms. The number of halogens is 1. The molecule has 6 rings (SSSR count). The van der Waals surface area contributed by atoms with Crippen molar-refractivity contribution in [3.63, 3.8) is 0 Å². The molecule has 2 N–H and O–H groups in total. The van der Waals surface area contributed by atoms with Crippen molar-refractivity contribution >= 4 is 28.6 Å². The third kappa shape index (κ3) is 5.47. The average molecular weight is 558 g/mol. The average Bonchev–Trinajstić information content (AvgIpc) is 2.98. The lowest BCUT2D eigenvalue weighted by atomic mass is 9.90. The van der Waals surface area contributed by atoms with Crippen molar-refractivity contribution in [1.82, 2.24) is 29.8 Å². The van der Waals surface area contributed by atoms with E-state index in [4.69, 9.17) is 16.6 Å². The number of benzene rings is 1. The normalized spacial score (nSPS) is 20.1. The number of aromatic nitrogens is 5. The van der Waals surface area contributed by atoms with Crippen molar-refractivity contribution in [2.75, 3.05) is 12.4 Å². The number of anilines is 1. The van der Waals surface area contributed by atoms with E-state index in [0.29, 0.717) is 39.8 Å². The van der Waals surface area contributed by atoms with Crippen molar-refractivity contribution in [2.24, 2.45) is 0 Å². The second-order valence-corrected chi connectivity index (χ2v) is 11.6. The number of nitrogens with zero attached hydrogens (tertiary/aromatic N) is 5. The van der Waals surface area contributed by atoms with Crippen LogP contribution in [0.4, 0.5) is 5.95 Å². The Bertz CT molecular complexity index is 1570. The van der Waals surface area contributed by atoms with E-state index in [9.17, 15) is 4.79 Å². The zero-order chi connectivity index (χ0) is 27.6. The van der Waals surface area contributed by atoms with Gasteiger partial charge in [0.1, 0.15) is 5.65 Å². The molecule has 2 aliphatic rings. The van der Waals surface area contributed by atoms with Gasteiger partial charge < -0.3 is 10.6 Å². The molecule has 2 fully saturated rings. The van der Waals surface area contributed by atoms with E-state index < -0.39 is 0 Å². The summed E-state index contributed by atoms with van der Waals surface area (Å²) in [5, 5.41) is 8.28. The SMILES string of the molecule is CNC1CCC(n2c(=O)c(-c3ccc(-c4cncc(C)n4)cc3Cl)cc3cnc(NC4CCCCC4)nc32)CC1. The van der Waals surface area contributed by atoms with Gasteiger partial charge in [-0.1, -0.05) is 43.0 Å². The maximum Gasteiger partial charge on any atom is 0.260 e. The Balaban J connectivity index is 1.43. The summed E-state index contributed by atoms with van der Waals surface area (Å²) < 4.78 is 1.92. The van der Waals surface area contributed by atoms with Crippen LogP contribution in [0, 0.1) is 6.92 Å². The fraction of sp³-hybridized carbons (Fsp3) is 0.452. The molecule has 0 amide bonds. The van der Waals surface area contributed by atoms with Gasteiger partial charge in [-0.25, -0.2) is 9.97 Å². The third-order valence-corrected chi connectivity index (χ3v) is 8.80. The first-order chi connectivity index (χ1) is 19.5. The van der Waals surface area contributed by atoms with Crippen LogP contribution in [0.15, 0.2) is 47.7 Å². The van der Waals surface area contributed by atoms with E-state index in [-0.39, 0.29) is 11.6 Å². The van der Waals surface area contributed by atoms with Crippen LogP contribution in [0.25, 0.3) is 33.4 Å². The van der Waals surface area contributed by atoms with E-state index in [1.54, 1.807) is 12.4 Å². The molecule has 3 aromatic heterocycles. The predicted molar refractivity (Wildman–Crippen MR) is 161 cm³/mol. The Labute approximate surface area is 239 Å². The zero-order valence-electron chi connectivity index (χ0n) is 23.2. The summed E-state index contributed by atoms with van der Waals surface area (Å²) in [4.78, 5) is 32.7. The van der Waals surface area contributed by atoms with Gasteiger partial charge in [0.2, 0.25) is 5.95 Å². The first-order valence-corrected chi connectivity index (χ1v) is 14.8. The van der Waals surface area contributed by atoms with Gasteiger partial charge in [0, 0.05) is 57.6 Å². The molecule has 3 heterocycles. The molecule has 8 nitrogen and oxygen atoms in total. The summed E-state index contributed by atoms with van der Waals surface area (Å²) in [5.74, 6) is 0.603. The molecule has 2 saturated carbocycles. The Kier molecular flexibility index (Phi) is 7.80. The Hall–Kier alpha value is -3.36. The number of hydrogen-bond acceptors (Lipinski definition) is 7. The maximum atomic E-state index is 14.3. The van der Waals surface area contributed by atoms with Gasteiger partial charge in [-0.15, -0.1) is 0 Å². The molecule has 208 valence electrons. The summed E-state index contributed by atoms with van der Waals surface area (Å²) in [5.41, 5.74) is 4.33. The maximum absolute atomic E-state index is 14.3. The lowest BCUT2D eigenvalue weighted by Gasteiger charge is -2.30. The summed E-state index contributed by atoms with van der Waals surface area (Å²) in [7, 11) is 2.01. The highest BCUT2D eigenvalue weighted by molar-refractivity contribution is 6.33. The molecule has 40 heavy (non-hydrogen) atoms. The van der Waals surface area contributed by atoms with Gasteiger partial charge in [-0.2, -0.15) is 4.98 Å². The number of rotatable bonds is 6. The van der Waals surface area contributed by atoms with Crippen LogP contribution in [0.5, 0.6) is 0 Å². The molecule has 0 aliphatic heterocycles. The Morgan fingerprint density at radius 1 is 0.900 bits per heavy atom. The van der Waals surface area contributed by atoms with Crippen molar-refractivity contribution in [2.45, 2.75) is 82.8 Å². The first-order valence-electron chi connectivity index (χ1n) is 14.4.